The first-order valence-electron chi connectivity index (χ1n) is 11.9. The largest absolute Gasteiger partial charge is 0.376 e. The molecule has 0 aliphatic carbocycles. The summed E-state index contributed by atoms with van der Waals surface area (Å²) in [5.41, 5.74) is 4.95. The van der Waals surface area contributed by atoms with Gasteiger partial charge < -0.3 is 9.30 Å². The van der Waals surface area contributed by atoms with Crippen molar-refractivity contribution in [3.8, 4) is 0 Å². The molecule has 34 heavy (non-hydrogen) atoms. The van der Waals surface area contributed by atoms with Gasteiger partial charge in [0.2, 0.25) is 0 Å². The van der Waals surface area contributed by atoms with Crippen molar-refractivity contribution in [3.05, 3.63) is 83.3 Å². The molecule has 5 rings (SSSR count). The van der Waals surface area contributed by atoms with E-state index in [1.807, 2.05) is 12.3 Å². The highest BCUT2D eigenvalue weighted by atomic mass is 32.2. The number of aryl methyl sites for hydroxylation is 1. The van der Waals surface area contributed by atoms with Gasteiger partial charge in [-0.1, -0.05) is 54.2 Å². The molecule has 3 heterocycles. The fourth-order valence-electron chi connectivity index (χ4n) is 4.51. The number of ether oxygens (including phenoxy) is 1. The first-order valence-corrected chi connectivity index (χ1v) is 12.9. The lowest BCUT2D eigenvalue weighted by molar-refractivity contribution is 0.0934. The van der Waals surface area contributed by atoms with Crippen LogP contribution in [0.15, 0.2) is 66.0 Å². The highest BCUT2D eigenvalue weighted by Crippen LogP contribution is 2.26. The molecular formula is C27H31N5OS. The quantitative estimate of drug-likeness (QED) is 0.310. The van der Waals surface area contributed by atoms with Gasteiger partial charge in [-0.05, 0) is 55.6 Å². The van der Waals surface area contributed by atoms with Gasteiger partial charge >= 0.3 is 0 Å². The maximum atomic E-state index is 5.96. The smallest absolute Gasteiger partial charge is 0.191 e. The lowest BCUT2D eigenvalue weighted by Crippen LogP contribution is -2.23. The van der Waals surface area contributed by atoms with E-state index in [9.17, 15) is 0 Å². The van der Waals surface area contributed by atoms with Crippen LogP contribution in [-0.4, -0.2) is 44.4 Å². The highest BCUT2D eigenvalue weighted by molar-refractivity contribution is 7.98. The Morgan fingerprint density at radius 3 is 2.74 bits per heavy atom. The van der Waals surface area contributed by atoms with Crippen LogP contribution in [-0.2, 0) is 30.1 Å². The number of aromatic nitrogens is 4. The second-order valence-corrected chi connectivity index (χ2v) is 9.96. The van der Waals surface area contributed by atoms with Gasteiger partial charge in [0.15, 0.2) is 5.16 Å². The van der Waals surface area contributed by atoms with Gasteiger partial charge in [0, 0.05) is 30.5 Å². The fraction of sp³-hybridized carbons (Fsp3) is 0.370. The minimum atomic E-state index is 0.238. The summed E-state index contributed by atoms with van der Waals surface area (Å²) in [5, 5.41) is 11.4. The molecule has 4 aromatic rings. The third kappa shape index (κ3) is 5.32. The summed E-state index contributed by atoms with van der Waals surface area (Å²) < 4.78 is 8.24. The molecule has 1 fully saturated rings. The van der Waals surface area contributed by atoms with E-state index in [1.54, 1.807) is 11.8 Å². The molecule has 1 aliphatic rings. The zero-order valence-electron chi connectivity index (χ0n) is 19.9. The van der Waals surface area contributed by atoms with Crippen molar-refractivity contribution in [1.29, 1.82) is 0 Å². The van der Waals surface area contributed by atoms with Crippen molar-refractivity contribution >= 4 is 22.7 Å². The SMILES string of the molecule is Cc1ccccc1CSc1nnc(CN(C)Cc2ccnc3ccccc23)n1CC1CCCO1. The Morgan fingerprint density at radius 1 is 1.03 bits per heavy atom. The second-order valence-electron chi connectivity index (χ2n) is 9.02. The molecule has 0 radical (unpaired) electrons. The summed E-state index contributed by atoms with van der Waals surface area (Å²) in [6.07, 6.45) is 4.36. The van der Waals surface area contributed by atoms with Crippen molar-refractivity contribution in [2.24, 2.45) is 0 Å². The van der Waals surface area contributed by atoms with E-state index in [2.05, 4.69) is 87.2 Å². The third-order valence-electron chi connectivity index (χ3n) is 6.41. The van der Waals surface area contributed by atoms with Crippen molar-refractivity contribution in [2.45, 2.75) is 56.4 Å². The lowest BCUT2D eigenvalue weighted by atomic mass is 10.1. The van der Waals surface area contributed by atoms with Gasteiger partial charge in [-0.2, -0.15) is 0 Å². The van der Waals surface area contributed by atoms with Crippen molar-refractivity contribution in [2.75, 3.05) is 13.7 Å². The number of pyridine rings is 1. The number of hydrogen-bond donors (Lipinski definition) is 0. The molecule has 0 amide bonds. The second kappa shape index (κ2) is 10.7. The van der Waals surface area contributed by atoms with Gasteiger partial charge in [0.25, 0.3) is 0 Å². The van der Waals surface area contributed by atoms with Crippen LogP contribution in [0.25, 0.3) is 10.9 Å². The molecule has 176 valence electrons. The summed E-state index contributed by atoms with van der Waals surface area (Å²) >= 11 is 1.76. The van der Waals surface area contributed by atoms with Crippen LogP contribution in [0.2, 0.25) is 0 Å². The molecule has 1 saturated heterocycles. The Morgan fingerprint density at radius 2 is 1.88 bits per heavy atom. The minimum absolute atomic E-state index is 0.238. The highest BCUT2D eigenvalue weighted by Gasteiger charge is 2.22. The minimum Gasteiger partial charge on any atom is -0.376 e. The van der Waals surface area contributed by atoms with Crippen LogP contribution >= 0.6 is 11.8 Å². The Hall–Kier alpha value is -2.74. The van der Waals surface area contributed by atoms with Gasteiger partial charge in [0.1, 0.15) is 5.82 Å². The van der Waals surface area contributed by atoms with E-state index in [-0.39, 0.29) is 6.10 Å². The number of hydrogen-bond acceptors (Lipinski definition) is 6. The summed E-state index contributed by atoms with van der Waals surface area (Å²) in [6.45, 7) is 5.37. The van der Waals surface area contributed by atoms with Crippen LogP contribution in [0.3, 0.4) is 0 Å². The zero-order valence-corrected chi connectivity index (χ0v) is 20.7. The average Bonchev–Trinajstić information content (AvgIpc) is 3.50. The molecular weight excluding hydrogens is 442 g/mol. The van der Waals surface area contributed by atoms with E-state index in [0.29, 0.717) is 0 Å². The van der Waals surface area contributed by atoms with Crippen LogP contribution in [0, 0.1) is 6.92 Å². The van der Waals surface area contributed by atoms with Crippen LogP contribution in [0.5, 0.6) is 0 Å². The Labute approximate surface area is 205 Å². The molecule has 0 N–H and O–H groups in total. The van der Waals surface area contributed by atoms with Crippen LogP contribution in [0.4, 0.5) is 0 Å². The zero-order chi connectivity index (χ0) is 23.3. The number of nitrogens with zero attached hydrogens (tertiary/aromatic N) is 5. The van der Waals surface area contributed by atoms with E-state index < -0.39 is 0 Å². The molecule has 0 bridgehead atoms. The summed E-state index contributed by atoms with van der Waals surface area (Å²) in [4.78, 5) is 6.80. The van der Waals surface area contributed by atoms with E-state index >= 15 is 0 Å². The van der Waals surface area contributed by atoms with Crippen LogP contribution in [0.1, 0.15) is 35.4 Å². The molecule has 1 aliphatic heterocycles. The maximum Gasteiger partial charge on any atom is 0.191 e. The van der Waals surface area contributed by atoms with E-state index in [0.717, 1.165) is 61.3 Å². The molecule has 6 nitrogen and oxygen atoms in total. The molecule has 7 heteroatoms. The molecule has 2 aromatic carbocycles. The predicted molar refractivity (Wildman–Crippen MR) is 137 cm³/mol. The maximum absolute atomic E-state index is 5.96. The van der Waals surface area contributed by atoms with Gasteiger partial charge in [-0.3, -0.25) is 9.88 Å². The number of benzene rings is 2. The summed E-state index contributed by atoms with van der Waals surface area (Å²) in [5.74, 6) is 1.87. The van der Waals surface area contributed by atoms with Crippen molar-refractivity contribution in [1.82, 2.24) is 24.6 Å². The summed E-state index contributed by atoms with van der Waals surface area (Å²) in [6, 6.07) is 19.0. The Kier molecular flexibility index (Phi) is 7.23. The molecule has 0 spiro atoms. The standard InChI is InChI=1S/C27H31N5OS/c1-20-8-3-4-9-22(20)19-34-27-30-29-26(32(27)17-23-10-7-15-33-23)18-31(2)16-21-13-14-28-25-12-6-5-11-24(21)25/h3-6,8-9,11-14,23H,7,10,15-19H2,1-2H3. The summed E-state index contributed by atoms with van der Waals surface area (Å²) in [7, 11) is 2.14. The number of para-hydroxylation sites is 1. The van der Waals surface area contributed by atoms with Gasteiger partial charge in [-0.15, -0.1) is 10.2 Å². The number of rotatable bonds is 9. The fourth-order valence-corrected chi connectivity index (χ4v) is 5.56. The number of fused-ring (bicyclic) bond motifs is 1. The molecule has 1 unspecified atom stereocenters. The topological polar surface area (TPSA) is 56.1 Å². The average molecular weight is 474 g/mol. The van der Waals surface area contributed by atoms with E-state index in [1.165, 1.54) is 22.1 Å². The molecule has 0 saturated carbocycles. The van der Waals surface area contributed by atoms with Crippen LogP contribution < -0.4 is 0 Å². The first kappa shape index (κ1) is 23.0. The lowest BCUT2D eigenvalue weighted by Gasteiger charge is -2.20. The predicted octanol–water partition coefficient (Wildman–Crippen LogP) is 5.24. The Bertz CT molecular complexity index is 1250. The van der Waals surface area contributed by atoms with E-state index in [4.69, 9.17) is 4.74 Å². The Balaban J connectivity index is 1.34. The van der Waals surface area contributed by atoms with Crippen molar-refractivity contribution < 1.29 is 4.74 Å². The third-order valence-corrected chi connectivity index (χ3v) is 7.43. The monoisotopic (exact) mass is 473 g/mol. The molecule has 1 atom stereocenters. The van der Waals surface area contributed by atoms with Crippen molar-refractivity contribution in [3.63, 3.8) is 0 Å². The van der Waals surface area contributed by atoms with Gasteiger partial charge in [-0.25, -0.2) is 0 Å². The first-order chi connectivity index (χ1) is 16.7. The molecule has 2 aromatic heterocycles. The van der Waals surface area contributed by atoms with Gasteiger partial charge in [0.05, 0.1) is 24.7 Å². The number of thioether (sulfide) groups is 1. The normalized spacial score (nSPS) is 16.0.